The van der Waals surface area contributed by atoms with E-state index in [4.69, 9.17) is 42.6 Å². The quantitative estimate of drug-likeness (QED) is 0.446. The molecule has 3 atom stereocenters. The molecule has 2 fully saturated rings. The monoisotopic (exact) mass is 585 g/mol. The largest absolute Gasteiger partial charge is 0.495 e. The van der Waals surface area contributed by atoms with Crippen LogP contribution < -0.4 is 4.74 Å². The number of hydrogen-bond donors (Lipinski definition) is 1. The highest BCUT2D eigenvalue weighted by Gasteiger charge is 2.44. The number of para-hydroxylation sites is 1. The van der Waals surface area contributed by atoms with Gasteiger partial charge in [-0.25, -0.2) is 0 Å². The highest BCUT2D eigenvalue weighted by Crippen LogP contribution is 2.40. The molecule has 1 amide bonds. The number of amides is 1. The van der Waals surface area contributed by atoms with Crippen LogP contribution in [0.2, 0.25) is 10.0 Å². The van der Waals surface area contributed by atoms with Crippen LogP contribution in [0.5, 0.6) is 5.75 Å². The van der Waals surface area contributed by atoms with Gasteiger partial charge in [0.25, 0.3) is 5.97 Å². The number of aliphatic carboxylic acids is 1. The topological polar surface area (TPSA) is 93.1 Å². The Morgan fingerprint density at radius 1 is 1.16 bits per heavy atom. The maximum atomic E-state index is 12.8. The zero-order valence-electron chi connectivity index (χ0n) is 22.5. The molecule has 3 unspecified atom stereocenters. The summed E-state index contributed by atoms with van der Waals surface area (Å²) >= 11 is 11.7. The fourth-order valence-electron chi connectivity index (χ4n) is 3.88. The first-order valence-electron chi connectivity index (χ1n) is 12.4. The van der Waals surface area contributed by atoms with Gasteiger partial charge in [0.2, 0.25) is 5.91 Å². The predicted molar refractivity (Wildman–Crippen MR) is 152 cm³/mol. The Bertz CT molecular complexity index is 1080. The van der Waals surface area contributed by atoms with Crippen LogP contribution in [0.4, 0.5) is 0 Å². The summed E-state index contributed by atoms with van der Waals surface area (Å²) in [6.07, 6.45) is 2.20. The predicted octanol–water partition coefficient (Wildman–Crippen LogP) is 6.01. The first-order chi connectivity index (χ1) is 17.8. The number of ether oxygens (including phenoxy) is 2. The summed E-state index contributed by atoms with van der Waals surface area (Å²) in [5.74, 6) is 0.862. The van der Waals surface area contributed by atoms with Crippen molar-refractivity contribution in [3.05, 3.63) is 64.1 Å². The number of carbonyl (C=O) groups excluding carboxylic acids is 1. The lowest BCUT2D eigenvalue weighted by molar-refractivity contribution is -0.152. The van der Waals surface area contributed by atoms with Crippen molar-refractivity contribution in [3.8, 4) is 5.75 Å². The van der Waals surface area contributed by atoms with Crippen LogP contribution in [0.25, 0.3) is 0 Å². The van der Waals surface area contributed by atoms with Crippen LogP contribution in [0.15, 0.2) is 48.5 Å². The smallest absolute Gasteiger partial charge is 0.300 e. The Labute approximate surface area is 237 Å². The van der Waals surface area contributed by atoms with Gasteiger partial charge in [0.1, 0.15) is 12.4 Å². The van der Waals surface area contributed by atoms with Crippen molar-refractivity contribution in [3.63, 3.8) is 0 Å². The zero-order chi connectivity index (χ0) is 28.5. The van der Waals surface area contributed by atoms with Gasteiger partial charge in [-0.1, -0.05) is 47.5 Å². The van der Waals surface area contributed by atoms with E-state index >= 15 is 0 Å². The third kappa shape index (κ3) is 10.2. The summed E-state index contributed by atoms with van der Waals surface area (Å²) in [6, 6.07) is 14.8. The van der Waals surface area contributed by atoms with Crippen molar-refractivity contribution in [2.75, 3.05) is 26.1 Å². The molecule has 0 spiro atoms. The SMILES string of the molecule is CC(=O)O.CC(C)(C)S(=O)CC(C1CC1)N1C(=O)COCC1c1ccc(Cl)cc1.COc1ccccc1Cl. The van der Waals surface area contributed by atoms with Crippen LogP contribution >= 0.6 is 23.2 Å². The average Bonchev–Trinajstić information content (AvgIpc) is 3.68. The second-order valence-electron chi connectivity index (χ2n) is 10.1. The minimum atomic E-state index is -0.995. The van der Waals surface area contributed by atoms with Crippen molar-refractivity contribution >= 4 is 45.9 Å². The molecule has 4 rings (SSSR count). The Hall–Kier alpha value is -2.13. The number of methoxy groups -OCH3 is 1. The van der Waals surface area contributed by atoms with Crippen molar-refractivity contribution in [2.45, 2.75) is 57.4 Å². The molecule has 1 saturated heterocycles. The minimum Gasteiger partial charge on any atom is -0.495 e. The molecule has 0 radical (unpaired) electrons. The first kappa shape index (κ1) is 32.1. The van der Waals surface area contributed by atoms with Crippen molar-refractivity contribution < 1.29 is 28.4 Å². The number of hydrogen-bond acceptors (Lipinski definition) is 5. The van der Waals surface area contributed by atoms with Gasteiger partial charge in [0, 0.05) is 39.3 Å². The Kier molecular flexibility index (Phi) is 12.6. The number of carboxylic acids is 1. The number of morpholine rings is 1. The average molecular weight is 587 g/mol. The maximum absolute atomic E-state index is 12.8. The van der Waals surface area contributed by atoms with Gasteiger partial charge < -0.3 is 19.5 Å². The molecule has 7 nitrogen and oxygen atoms in total. The Morgan fingerprint density at radius 3 is 2.21 bits per heavy atom. The normalized spacial score (nSPS) is 18.8. The van der Waals surface area contributed by atoms with Crippen molar-refractivity contribution in [1.82, 2.24) is 4.90 Å². The van der Waals surface area contributed by atoms with Crippen LogP contribution in [-0.2, 0) is 25.1 Å². The van der Waals surface area contributed by atoms with Gasteiger partial charge in [0.05, 0.1) is 24.8 Å². The summed E-state index contributed by atoms with van der Waals surface area (Å²) in [4.78, 5) is 23.7. The van der Waals surface area contributed by atoms with E-state index in [0.717, 1.165) is 31.1 Å². The second kappa shape index (κ2) is 14.9. The van der Waals surface area contributed by atoms with Gasteiger partial charge in [-0.3, -0.25) is 13.8 Å². The summed E-state index contributed by atoms with van der Waals surface area (Å²) in [6.45, 7) is 7.63. The molecule has 10 heteroatoms. The Morgan fingerprint density at radius 2 is 1.74 bits per heavy atom. The van der Waals surface area contributed by atoms with Crippen LogP contribution in [0, 0.1) is 5.92 Å². The summed E-state index contributed by atoms with van der Waals surface area (Å²) in [5.41, 5.74) is 1.02. The summed E-state index contributed by atoms with van der Waals surface area (Å²) in [5, 5.41) is 8.74. The molecule has 2 aromatic rings. The van der Waals surface area contributed by atoms with E-state index < -0.39 is 16.8 Å². The van der Waals surface area contributed by atoms with E-state index in [2.05, 4.69) is 0 Å². The minimum absolute atomic E-state index is 0.00555. The van der Waals surface area contributed by atoms with E-state index in [1.807, 2.05) is 68.1 Å². The number of halogens is 2. The van der Waals surface area contributed by atoms with E-state index in [1.54, 1.807) is 13.2 Å². The van der Waals surface area contributed by atoms with Crippen molar-refractivity contribution in [1.29, 1.82) is 0 Å². The molecular formula is C28H37Cl2NO6S. The van der Waals surface area contributed by atoms with Crippen LogP contribution in [0.1, 0.15) is 52.1 Å². The van der Waals surface area contributed by atoms with E-state index in [1.165, 1.54) is 0 Å². The zero-order valence-corrected chi connectivity index (χ0v) is 24.8. The molecule has 2 aromatic carbocycles. The van der Waals surface area contributed by atoms with Crippen LogP contribution in [0.3, 0.4) is 0 Å². The number of nitrogens with zero attached hydrogens (tertiary/aromatic N) is 1. The lowest BCUT2D eigenvalue weighted by Gasteiger charge is -2.42. The summed E-state index contributed by atoms with van der Waals surface area (Å²) in [7, 11) is 0.603. The molecule has 2 aliphatic rings. The second-order valence-corrected chi connectivity index (χ2v) is 13.2. The standard InChI is InChI=1S/C19H26ClNO3S.C7H7ClO.C2H4O2/c1-19(2,3)25(23)12-17(14-4-5-14)21-16(10-24-11-18(21)22)13-6-8-15(20)9-7-13;1-9-7-5-3-2-4-6(7)8;1-2(3)4/h6-9,14,16-17H,4-5,10-12H2,1-3H3;2-5H,1H3;1H3,(H,3,4). The van der Waals surface area contributed by atoms with Crippen LogP contribution in [-0.4, -0.2) is 63.0 Å². The molecule has 210 valence electrons. The number of carboxylic acid groups (broad SMARTS) is 1. The molecular weight excluding hydrogens is 549 g/mol. The lowest BCUT2D eigenvalue weighted by Crippen LogP contribution is -2.53. The molecule has 1 saturated carbocycles. The van der Waals surface area contributed by atoms with E-state index in [-0.39, 0.29) is 29.3 Å². The van der Waals surface area contributed by atoms with Gasteiger partial charge in [-0.2, -0.15) is 0 Å². The third-order valence-electron chi connectivity index (χ3n) is 5.96. The van der Waals surface area contributed by atoms with Gasteiger partial charge in [-0.05, 0) is 69.4 Å². The van der Waals surface area contributed by atoms with E-state index in [0.29, 0.717) is 28.3 Å². The summed E-state index contributed by atoms with van der Waals surface area (Å²) < 4.78 is 22.9. The number of benzene rings is 2. The van der Waals surface area contributed by atoms with Crippen molar-refractivity contribution in [2.24, 2.45) is 5.92 Å². The molecule has 1 aliphatic carbocycles. The van der Waals surface area contributed by atoms with Gasteiger partial charge in [0.15, 0.2) is 0 Å². The number of carbonyl (C=O) groups is 2. The lowest BCUT2D eigenvalue weighted by atomic mass is 10.0. The molecule has 1 aliphatic heterocycles. The molecule has 0 bridgehead atoms. The fourth-order valence-corrected chi connectivity index (χ4v) is 5.47. The third-order valence-corrected chi connectivity index (χ3v) is 8.54. The molecule has 38 heavy (non-hydrogen) atoms. The molecule has 0 aromatic heterocycles. The van der Waals surface area contributed by atoms with Gasteiger partial charge >= 0.3 is 0 Å². The van der Waals surface area contributed by atoms with E-state index in [9.17, 15) is 9.00 Å². The molecule has 1 N–H and O–H groups in total. The Balaban J connectivity index is 0.000000322. The fraction of sp³-hybridized carbons (Fsp3) is 0.500. The number of rotatable bonds is 6. The highest BCUT2D eigenvalue weighted by molar-refractivity contribution is 7.86. The first-order valence-corrected chi connectivity index (χ1v) is 14.4. The van der Waals surface area contributed by atoms with Gasteiger partial charge in [-0.15, -0.1) is 0 Å². The molecule has 1 heterocycles. The highest BCUT2D eigenvalue weighted by atomic mass is 35.5. The maximum Gasteiger partial charge on any atom is 0.300 e.